The summed E-state index contributed by atoms with van der Waals surface area (Å²) in [6.45, 7) is 1.79. The van der Waals surface area contributed by atoms with Crippen molar-refractivity contribution in [3.63, 3.8) is 0 Å². The highest BCUT2D eigenvalue weighted by atomic mass is 35.5. The predicted molar refractivity (Wildman–Crippen MR) is 100 cm³/mol. The van der Waals surface area contributed by atoms with E-state index < -0.39 is 0 Å². The third-order valence-corrected chi connectivity index (χ3v) is 5.17. The van der Waals surface area contributed by atoms with E-state index in [0.717, 1.165) is 5.56 Å². The molecular weight excluding hydrogens is 383 g/mol. The lowest BCUT2D eigenvalue weighted by Gasteiger charge is -2.05. The number of aryl methyl sites for hydroxylation is 1. The minimum absolute atomic E-state index is 0.202. The number of rotatable bonds is 4. The number of anilines is 2. The summed E-state index contributed by atoms with van der Waals surface area (Å²) in [5.74, 6) is -0.463. The summed E-state index contributed by atoms with van der Waals surface area (Å²) in [7, 11) is 0. The molecule has 0 aliphatic heterocycles. The number of amides is 2. The average Bonchev–Trinajstić information content (AvgIpc) is 3.21. The second-order valence-corrected chi connectivity index (χ2v) is 7.00. The number of benzene rings is 1. The topological polar surface area (TPSA) is 71.3 Å². The third-order valence-electron chi connectivity index (χ3n) is 3.28. The first-order chi connectivity index (χ1) is 11.9. The van der Waals surface area contributed by atoms with Crippen LogP contribution in [0.15, 0.2) is 47.1 Å². The molecule has 2 N–H and O–H groups in total. The molecule has 2 heterocycles. The van der Waals surface area contributed by atoms with Crippen LogP contribution in [0, 0.1) is 6.92 Å². The van der Waals surface area contributed by atoms with Crippen LogP contribution in [0.3, 0.4) is 0 Å². The van der Waals surface area contributed by atoms with Gasteiger partial charge in [-0.3, -0.25) is 9.59 Å². The summed E-state index contributed by atoms with van der Waals surface area (Å²) in [5, 5.41) is 6.79. The molecule has 0 radical (unpaired) electrons. The Morgan fingerprint density at radius 1 is 1.04 bits per heavy atom. The van der Waals surface area contributed by atoms with Crippen LogP contribution in [0.5, 0.6) is 0 Å². The van der Waals surface area contributed by atoms with E-state index in [1.807, 2.05) is 0 Å². The molecule has 0 spiro atoms. The molecule has 0 bridgehead atoms. The highest BCUT2D eigenvalue weighted by molar-refractivity contribution is 7.18. The highest BCUT2D eigenvalue weighted by Gasteiger charge is 2.17. The molecule has 0 saturated heterocycles. The number of carbonyl (C=O) groups excluding carboxylic acids is 2. The molecule has 2 amide bonds. The van der Waals surface area contributed by atoms with E-state index in [0.29, 0.717) is 25.6 Å². The van der Waals surface area contributed by atoms with E-state index in [1.54, 1.807) is 43.3 Å². The quantitative estimate of drug-likeness (QED) is 0.616. The van der Waals surface area contributed by atoms with E-state index in [1.165, 1.54) is 17.6 Å². The van der Waals surface area contributed by atoms with Gasteiger partial charge in [-0.2, -0.15) is 0 Å². The van der Waals surface area contributed by atoms with Crippen LogP contribution in [0.25, 0.3) is 0 Å². The normalized spacial score (nSPS) is 10.5. The first kappa shape index (κ1) is 17.5. The number of furan rings is 1. The van der Waals surface area contributed by atoms with Gasteiger partial charge >= 0.3 is 0 Å². The first-order valence-electron chi connectivity index (χ1n) is 7.16. The van der Waals surface area contributed by atoms with Gasteiger partial charge in [0, 0.05) is 5.69 Å². The minimum Gasteiger partial charge on any atom is -0.459 e. The van der Waals surface area contributed by atoms with Gasteiger partial charge in [-0.05, 0) is 48.9 Å². The highest BCUT2D eigenvalue weighted by Crippen LogP contribution is 2.29. The van der Waals surface area contributed by atoms with Crippen LogP contribution >= 0.6 is 34.5 Å². The zero-order chi connectivity index (χ0) is 18.0. The average molecular weight is 395 g/mol. The maximum Gasteiger partial charge on any atom is 0.291 e. The van der Waals surface area contributed by atoms with Gasteiger partial charge in [0.05, 0.1) is 26.2 Å². The number of halogens is 2. The summed E-state index contributed by atoms with van der Waals surface area (Å²) in [6, 6.07) is 9.77. The molecule has 0 fully saturated rings. The van der Waals surface area contributed by atoms with Crippen LogP contribution in [0.4, 0.5) is 10.7 Å². The molecule has 25 heavy (non-hydrogen) atoms. The molecular formula is C17H12Cl2N2O3S. The molecule has 0 aliphatic rings. The van der Waals surface area contributed by atoms with Crippen LogP contribution in [-0.2, 0) is 0 Å². The standard InChI is InChI=1S/C17H12Cl2N2O3S/c1-9-7-14(21-16(22)13-3-2-6-24-13)25-15(9)17(23)20-10-4-5-11(18)12(19)8-10/h2-8H,1H3,(H,20,23)(H,21,22). The molecule has 2 aromatic heterocycles. The molecule has 3 aromatic rings. The van der Waals surface area contributed by atoms with Gasteiger partial charge in [0.25, 0.3) is 11.8 Å². The Hall–Kier alpha value is -2.28. The molecule has 8 heteroatoms. The summed E-state index contributed by atoms with van der Waals surface area (Å²) in [5.41, 5.74) is 1.28. The number of hydrogen-bond acceptors (Lipinski definition) is 4. The fraction of sp³-hybridized carbons (Fsp3) is 0.0588. The molecule has 128 valence electrons. The van der Waals surface area contributed by atoms with Crippen molar-refractivity contribution in [1.29, 1.82) is 0 Å². The monoisotopic (exact) mass is 394 g/mol. The Kier molecular flexibility index (Phi) is 5.13. The van der Waals surface area contributed by atoms with Gasteiger partial charge in [-0.25, -0.2) is 0 Å². The molecule has 0 atom stereocenters. The van der Waals surface area contributed by atoms with E-state index in [4.69, 9.17) is 27.6 Å². The van der Waals surface area contributed by atoms with E-state index in [-0.39, 0.29) is 17.6 Å². The van der Waals surface area contributed by atoms with Crippen LogP contribution in [-0.4, -0.2) is 11.8 Å². The zero-order valence-electron chi connectivity index (χ0n) is 12.9. The Morgan fingerprint density at radius 2 is 1.84 bits per heavy atom. The van der Waals surface area contributed by atoms with Gasteiger partial charge in [0.2, 0.25) is 0 Å². The van der Waals surface area contributed by atoms with Crippen molar-refractivity contribution in [2.75, 3.05) is 10.6 Å². The molecule has 0 aliphatic carbocycles. The number of thiophene rings is 1. The molecule has 1 aromatic carbocycles. The second-order valence-electron chi connectivity index (χ2n) is 5.14. The molecule has 5 nitrogen and oxygen atoms in total. The van der Waals surface area contributed by atoms with Crippen molar-refractivity contribution in [3.8, 4) is 0 Å². The van der Waals surface area contributed by atoms with Crippen LogP contribution in [0.2, 0.25) is 10.0 Å². The predicted octanol–water partition coefficient (Wildman–Crippen LogP) is 5.46. The summed E-state index contributed by atoms with van der Waals surface area (Å²) >= 11 is 13.0. The number of carbonyl (C=O) groups is 2. The van der Waals surface area contributed by atoms with Gasteiger partial charge in [0.1, 0.15) is 0 Å². The lowest BCUT2D eigenvalue weighted by Crippen LogP contribution is -2.11. The smallest absolute Gasteiger partial charge is 0.291 e. The van der Waals surface area contributed by atoms with Crippen molar-refractivity contribution in [2.45, 2.75) is 6.92 Å². The second kappa shape index (κ2) is 7.31. The molecule has 0 unspecified atom stereocenters. The number of hydrogen-bond donors (Lipinski definition) is 2. The van der Waals surface area contributed by atoms with Crippen LogP contribution < -0.4 is 10.6 Å². The van der Waals surface area contributed by atoms with Crippen molar-refractivity contribution in [3.05, 3.63) is 68.9 Å². The maximum absolute atomic E-state index is 12.5. The molecule has 0 saturated carbocycles. The lowest BCUT2D eigenvalue weighted by molar-refractivity contribution is 0.0995. The van der Waals surface area contributed by atoms with Gasteiger partial charge in [-0.15, -0.1) is 11.3 Å². The Morgan fingerprint density at radius 3 is 2.52 bits per heavy atom. The third kappa shape index (κ3) is 4.04. The zero-order valence-corrected chi connectivity index (χ0v) is 15.3. The van der Waals surface area contributed by atoms with Gasteiger partial charge in [0.15, 0.2) is 5.76 Å². The van der Waals surface area contributed by atoms with Gasteiger partial charge in [-0.1, -0.05) is 23.2 Å². The lowest BCUT2D eigenvalue weighted by atomic mass is 10.2. The largest absolute Gasteiger partial charge is 0.459 e. The van der Waals surface area contributed by atoms with Crippen molar-refractivity contribution >= 4 is 57.0 Å². The van der Waals surface area contributed by atoms with Gasteiger partial charge < -0.3 is 15.1 Å². The van der Waals surface area contributed by atoms with E-state index in [9.17, 15) is 9.59 Å². The summed E-state index contributed by atoms with van der Waals surface area (Å²) < 4.78 is 5.04. The first-order valence-corrected chi connectivity index (χ1v) is 8.73. The summed E-state index contributed by atoms with van der Waals surface area (Å²) in [6.07, 6.45) is 1.42. The van der Waals surface area contributed by atoms with Crippen molar-refractivity contribution in [2.24, 2.45) is 0 Å². The van der Waals surface area contributed by atoms with E-state index >= 15 is 0 Å². The number of nitrogens with one attached hydrogen (secondary N) is 2. The Bertz CT molecular complexity index is 936. The van der Waals surface area contributed by atoms with Crippen molar-refractivity contribution < 1.29 is 14.0 Å². The Balaban J connectivity index is 1.74. The SMILES string of the molecule is Cc1cc(NC(=O)c2ccco2)sc1C(=O)Nc1ccc(Cl)c(Cl)c1. The fourth-order valence-corrected chi connectivity index (χ4v) is 3.37. The summed E-state index contributed by atoms with van der Waals surface area (Å²) in [4.78, 5) is 24.9. The minimum atomic E-state index is -0.373. The maximum atomic E-state index is 12.5. The van der Waals surface area contributed by atoms with Crippen molar-refractivity contribution in [1.82, 2.24) is 0 Å². The fourth-order valence-electron chi connectivity index (χ4n) is 2.11. The molecule has 3 rings (SSSR count). The van der Waals surface area contributed by atoms with E-state index in [2.05, 4.69) is 10.6 Å². The van der Waals surface area contributed by atoms with Crippen LogP contribution in [0.1, 0.15) is 25.8 Å². The Labute approximate surface area is 157 Å².